The summed E-state index contributed by atoms with van der Waals surface area (Å²) in [4.78, 5) is 40.0. The fourth-order valence-electron chi connectivity index (χ4n) is 3.84. The number of imide groups is 1. The summed E-state index contributed by atoms with van der Waals surface area (Å²) >= 11 is 0. The third kappa shape index (κ3) is 2.30. The van der Waals surface area contributed by atoms with Crippen LogP contribution in [0.15, 0.2) is 0 Å². The second-order valence-corrected chi connectivity index (χ2v) is 6.53. The van der Waals surface area contributed by atoms with E-state index in [1.165, 1.54) is 0 Å². The number of carbonyl (C=O) groups excluding carboxylic acids is 3. The third-order valence-electron chi connectivity index (χ3n) is 5.25. The van der Waals surface area contributed by atoms with Crippen molar-refractivity contribution in [1.29, 1.82) is 0 Å². The van der Waals surface area contributed by atoms with E-state index in [1.54, 1.807) is 4.90 Å². The maximum absolute atomic E-state index is 12.7. The standard InChI is InChI=1S/C15H23N3O3/c1-11-6-2-3-7-15(11)13(20)18(14(21)16-15)10-12(19)17-8-4-5-9-17/h11H,2-10H2,1H3,(H,16,21)/t11-,15-/m1/s1. The van der Waals surface area contributed by atoms with Gasteiger partial charge in [0.1, 0.15) is 12.1 Å². The first-order valence-corrected chi connectivity index (χ1v) is 7.96. The monoisotopic (exact) mass is 293 g/mol. The van der Waals surface area contributed by atoms with Crippen molar-refractivity contribution in [2.24, 2.45) is 5.92 Å². The Balaban J connectivity index is 1.73. The molecule has 116 valence electrons. The number of rotatable bonds is 2. The Morgan fingerprint density at radius 1 is 1.24 bits per heavy atom. The molecule has 3 aliphatic rings. The predicted octanol–water partition coefficient (Wildman–Crippen LogP) is 1.11. The fourth-order valence-corrected chi connectivity index (χ4v) is 3.84. The Hall–Kier alpha value is -1.59. The smallest absolute Gasteiger partial charge is 0.325 e. The zero-order valence-corrected chi connectivity index (χ0v) is 12.6. The molecule has 6 heteroatoms. The molecule has 2 heterocycles. The molecule has 0 aromatic heterocycles. The van der Waals surface area contributed by atoms with Crippen LogP contribution in [-0.4, -0.2) is 52.8 Å². The Bertz CT molecular complexity index is 473. The number of hydrogen-bond donors (Lipinski definition) is 1. The molecule has 2 atom stereocenters. The summed E-state index contributed by atoms with van der Waals surface area (Å²) in [5, 5.41) is 2.88. The predicted molar refractivity (Wildman–Crippen MR) is 76.4 cm³/mol. The Morgan fingerprint density at radius 3 is 2.62 bits per heavy atom. The lowest BCUT2D eigenvalue weighted by Crippen LogP contribution is -2.54. The fraction of sp³-hybridized carbons (Fsp3) is 0.800. The molecule has 4 amide bonds. The quantitative estimate of drug-likeness (QED) is 0.775. The van der Waals surface area contributed by atoms with Gasteiger partial charge in [-0.15, -0.1) is 0 Å². The molecular formula is C15H23N3O3. The van der Waals surface area contributed by atoms with Gasteiger partial charge >= 0.3 is 6.03 Å². The van der Waals surface area contributed by atoms with Gasteiger partial charge in [0, 0.05) is 13.1 Å². The third-order valence-corrected chi connectivity index (χ3v) is 5.25. The maximum atomic E-state index is 12.7. The Kier molecular flexibility index (Phi) is 3.63. The Morgan fingerprint density at radius 2 is 1.95 bits per heavy atom. The maximum Gasteiger partial charge on any atom is 0.325 e. The molecule has 3 fully saturated rings. The molecule has 1 aliphatic carbocycles. The van der Waals surface area contributed by atoms with Crippen molar-refractivity contribution in [3.63, 3.8) is 0 Å². The normalized spacial score (nSPS) is 32.9. The first-order chi connectivity index (χ1) is 10.0. The van der Waals surface area contributed by atoms with Crippen LogP contribution in [0.1, 0.15) is 45.4 Å². The number of nitrogens with one attached hydrogen (secondary N) is 1. The number of carbonyl (C=O) groups is 3. The molecule has 1 N–H and O–H groups in total. The van der Waals surface area contributed by atoms with Crippen LogP contribution in [0.2, 0.25) is 0 Å². The summed E-state index contributed by atoms with van der Waals surface area (Å²) in [6, 6.07) is -0.402. The van der Waals surface area contributed by atoms with E-state index in [0.717, 1.165) is 50.1 Å². The summed E-state index contributed by atoms with van der Waals surface area (Å²) in [7, 11) is 0. The Labute approximate surface area is 124 Å². The van der Waals surface area contributed by atoms with E-state index < -0.39 is 11.6 Å². The summed E-state index contributed by atoms with van der Waals surface area (Å²) in [6.45, 7) is 3.39. The lowest BCUT2D eigenvalue weighted by atomic mass is 9.73. The number of nitrogens with zero attached hydrogens (tertiary/aromatic N) is 2. The highest BCUT2D eigenvalue weighted by atomic mass is 16.2. The first kappa shape index (κ1) is 14.4. The van der Waals surface area contributed by atoms with Crippen molar-refractivity contribution in [2.75, 3.05) is 19.6 Å². The minimum Gasteiger partial charge on any atom is -0.341 e. The minimum atomic E-state index is -0.763. The largest absolute Gasteiger partial charge is 0.341 e. The van der Waals surface area contributed by atoms with E-state index in [1.807, 2.05) is 6.92 Å². The van der Waals surface area contributed by atoms with Gasteiger partial charge in [0.05, 0.1) is 0 Å². The molecule has 0 radical (unpaired) electrons. The van der Waals surface area contributed by atoms with Gasteiger partial charge in [0.2, 0.25) is 5.91 Å². The molecule has 21 heavy (non-hydrogen) atoms. The van der Waals surface area contributed by atoms with Crippen molar-refractivity contribution >= 4 is 17.8 Å². The van der Waals surface area contributed by atoms with E-state index in [-0.39, 0.29) is 24.3 Å². The molecule has 0 aromatic carbocycles. The molecule has 2 aliphatic heterocycles. The highest BCUT2D eigenvalue weighted by molar-refractivity contribution is 6.09. The summed E-state index contributed by atoms with van der Waals surface area (Å²) in [6.07, 6.45) is 5.69. The van der Waals surface area contributed by atoms with Crippen molar-refractivity contribution in [1.82, 2.24) is 15.1 Å². The van der Waals surface area contributed by atoms with Crippen molar-refractivity contribution < 1.29 is 14.4 Å². The van der Waals surface area contributed by atoms with E-state index >= 15 is 0 Å². The van der Waals surface area contributed by atoms with Crippen LogP contribution < -0.4 is 5.32 Å². The first-order valence-electron chi connectivity index (χ1n) is 7.96. The van der Waals surface area contributed by atoms with Crippen molar-refractivity contribution in [3.05, 3.63) is 0 Å². The molecule has 1 saturated carbocycles. The van der Waals surface area contributed by atoms with Crippen LogP contribution in [-0.2, 0) is 9.59 Å². The zero-order chi connectivity index (χ0) is 15.0. The molecule has 0 bridgehead atoms. The molecular weight excluding hydrogens is 270 g/mol. The van der Waals surface area contributed by atoms with Crippen LogP contribution >= 0.6 is 0 Å². The average Bonchev–Trinajstić information content (AvgIpc) is 3.06. The minimum absolute atomic E-state index is 0.112. The topological polar surface area (TPSA) is 69.7 Å². The van der Waals surface area contributed by atoms with Crippen LogP contribution in [0.5, 0.6) is 0 Å². The van der Waals surface area contributed by atoms with Crippen LogP contribution in [0.3, 0.4) is 0 Å². The van der Waals surface area contributed by atoms with E-state index in [0.29, 0.717) is 6.42 Å². The molecule has 2 saturated heterocycles. The highest BCUT2D eigenvalue weighted by Crippen LogP contribution is 2.38. The van der Waals surface area contributed by atoms with E-state index in [2.05, 4.69) is 5.32 Å². The van der Waals surface area contributed by atoms with E-state index in [9.17, 15) is 14.4 Å². The van der Waals surface area contributed by atoms with Gasteiger partial charge in [-0.25, -0.2) is 4.79 Å². The van der Waals surface area contributed by atoms with Gasteiger partial charge in [0.25, 0.3) is 5.91 Å². The van der Waals surface area contributed by atoms with Crippen LogP contribution in [0.4, 0.5) is 4.79 Å². The lowest BCUT2D eigenvalue weighted by molar-refractivity contribution is -0.140. The number of urea groups is 1. The molecule has 3 rings (SSSR count). The number of likely N-dealkylation sites (tertiary alicyclic amines) is 1. The zero-order valence-electron chi connectivity index (χ0n) is 12.6. The van der Waals surface area contributed by atoms with Crippen molar-refractivity contribution in [2.45, 2.75) is 51.0 Å². The van der Waals surface area contributed by atoms with Gasteiger partial charge in [-0.3, -0.25) is 14.5 Å². The highest BCUT2D eigenvalue weighted by Gasteiger charge is 2.55. The number of amides is 4. The van der Waals surface area contributed by atoms with Crippen molar-refractivity contribution in [3.8, 4) is 0 Å². The van der Waals surface area contributed by atoms with Gasteiger partial charge in [-0.05, 0) is 31.6 Å². The molecule has 1 spiro atoms. The van der Waals surface area contributed by atoms with Gasteiger partial charge in [-0.2, -0.15) is 0 Å². The molecule has 6 nitrogen and oxygen atoms in total. The lowest BCUT2D eigenvalue weighted by Gasteiger charge is -2.36. The second kappa shape index (κ2) is 5.31. The molecule has 0 aromatic rings. The summed E-state index contributed by atoms with van der Waals surface area (Å²) < 4.78 is 0. The average molecular weight is 293 g/mol. The van der Waals surface area contributed by atoms with Crippen LogP contribution in [0, 0.1) is 5.92 Å². The van der Waals surface area contributed by atoms with Gasteiger partial charge < -0.3 is 10.2 Å². The number of hydrogen-bond acceptors (Lipinski definition) is 3. The second-order valence-electron chi connectivity index (χ2n) is 6.53. The van der Waals surface area contributed by atoms with E-state index in [4.69, 9.17) is 0 Å². The SMILES string of the molecule is C[C@@H]1CCCC[C@@]12NC(=O)N(CC(=O)N1CCCC1)C2=O. The summed E-state index contributed by atoms with van der Waals surface area (Å²) in [5.74, 6) is -0.182. The van der Waals surface area contributed by atoms with Crippen LogP contribution in [0.25, 0.3) is 0 Å². The molecule has 0 unspecified atom stereocenters. The van der Waals surface area contributed by atoms with Gasteiger partial charge in [-0.1, -0.05) is 19.8 Å². The summed E-state index contributed by atoms with van der Waals surface area (Å²) in [5.41, 5.74) is -0.763. The van der Waals surface area contributed by atoms with Gasteiger partial charge in [0.15, 0.2) is 0 Å².